The van der Waals surface area contributed by atoms with E-state index in [1.54, 1.807) is 11.3 Å². The highest BCUT2D eigenvalue weighted by atomic mass is 32.1. The van der Waals surface area contributed by atoms with Crippen molar-refractivity contribution in [3.8, 4) is 10.7 Å². The zero-order valence-corrected chi connectivity index (χ0v) is 9.84. The first-order chi connectivity index (χ1) is 7.25. The van der Waals surface area contributed by atoms with Gasteiger partial charge < -0.3 is 0 Å². The van der Waals surface area contributed by atoms with Crippen LogP contribution in [0.4, 0.5) is 0 Å². The van der Waals surface area contributed by atoms with Crippen molar-refractivity contribution in [2.45, 2.75) is 26.7 Å². The molecule has 0 aliphatic carbocycles. The van der Waals surface area contributed by atoms with Gasteiger partial charge >= 0.3 is 0 Å². The van der Waals surface area contributed by atoms with Gasteiger partial charge in [-0.15, -0.1) is 11.3 Å². The van der Waals surface area contributed by atoms with Crippen LogP contribution in [0.25, 0.3) is 10.7 Å². The molecule has 0 spiro atoms. The minimum Gasteiger partial charge on any atom is -0.263 e. The lowest BCUT2D eigenvalue weighted by molar-refractivity contribution is 0.575. The molecule has 2 rings (SSSR count). The molecule has 0 atom stereocenters. The molecule has 0 amide bonds. The van der Waals surface area contributed by atoms with E-state index in [2.05, 4.69) is 29.0 Å². The van der Waals surface area contributed by atoms with Crippen molar-refractivity contribution in [2.24, 2.45) is 5.92 Å². The lowest BCUT2D eigenvalue weighted by Gasteiger charge is -1.99. The van der Waals surface area contributed by atoms with Crippen molar-refractivity contribution in [1.29, 1.82) is 0 Å². The van der Waals surface area contributed by atoms with Gasteiger partial charge in [0, 0.05) is 6.42 Å². The summed E-state index contributed by atoms with van der Waals surface area (Å²) < 4.78 is 0. The number of aryl methyl sites for hydroxylation is 1. The van der Waals surface area contributed by atoms with E-state index >= 15 is 0 Å². The van der Waals surface area contributed by atoms with Crippen molar-refractivity contribution >= 4 is 11.3 Å². The van der Waals surface area contributed by atoms with Crippen LogP contribution in [0.1, 0.15) is 26.1 Å². The van der Waals surface area contributed by atoms with E-state index in [4.69, 9.17) is 0 Å². The Hall–Kier alpha value is -1.16. The summed E-state index contributed by atoms with van der Waals surface area (Å²) in [5, 5.41) is 9.25. The third-order valence-corrected chi connectivity index (χ3v) is 3.10. The molecule has 15 heavy (non-hydrogen) atoms. The van der Waals surface area contributed by atoms with Gasteiger partial charge in [0.1, 0.15) is 5.82 Å². The van der Waals surface area contributed by atoms with Gasteiger partial charge in [-0.05, 0) is 23.8 Å². The molecular weight excluding hydrogens is 206 g/mol. The minimum atomic E-state index is 0.709. The predicted octanol–water partition coefficient (Wildman–Crippen LogP) is 3.12. The van der Waals surface area contributed by atoms with E-state index in [0.717, 1.165) is 29.4 Å². The van der Waals surface area contributed by atoms with Gasteiger partial charge in [0.2, 0.25) is 0 Å². The van der Waals surface area contributed by atoms with Crippen LogP contribution in [-0.4, -0.2) is 15.2 Å². The Balaban J connectivity index is 2.04. The monoisotopic (exact) mass is 221 g/mol. The molecule has 0 aromatic carbocycles. The van der Waals surface area contributed by atoms with E-state index in [1.165, 1.54) is 0 Å². The highest BCUT2D eigenvalue weighted by molar-refractivity contribution is 7.13. The smallest absolute Gasteiger partial charge is 0.191 e. The van der Waals surface area contributed by atoms with Crippen molar-refractivity contribution in [3.05, 3.63) is 23.3 Å². The lowest BCUT2D eigenvalue weighted by Crippen LogP contribution is -1.93. The largest absolute Gasteiger partial charge is 0.263 e. The molecule has 0 saturated carbocycles. The molecule has 0 radical (unpaired) electrons. The summed E-state index contributed by atoms with van der Waals surface area (Å²) in [6.45, 7) is 4.44. The Morgan fingerprint density at radius 1 is 1.47 bits per heavy atom. The normalized spacial score (nSPS) is 11.1. The summed E-state index contributed by atoms with van der Waals surface area (Å²) >= 11 is 1.67. The van der Waals surface area contributed by atoms with Crippen LogP contribution >= 0.6 is 11.3 Å². The van der Waals surface area contributed by atoms with Crippen LogP contribution in [0.5, 0.6) is 0 Å². The van der Waals surface area contributed by atoms with Crippen LogP contribution in [0.3, 0.4) is 0 Å². The van der Waals surface area contributed by atoms with Crippen molar-refractivity contribution in [2.75, 3.05) is 0 Å². The van der Waals surface area contributed by atoms with Gasteiger partial charge in [-0.1, -0.05) is 19.9 Å². The first-order valence-corrected chi connectivity index (χ1v) is 6.09. The number of rotatable bonds is 4. The van der Waals surface area contributed by atoms with Gasteiger partial charge in [-0.3, -0.25) is 5.10 Å². The zero-order chi connectivity index (χ0) is 10.7. The zero-order valence-electron chi connectivity index (χ0n) is 9.03. The summed E-state index contributed by atoms with van der Waals surface area (Å²) in [5.74, 6) is 2.52. The second-order valence-corrected chi connectivity index (χ2v) is 4.96. The summed E-state index contributed by atoms with van der Waals surface area (Å²) in [6.07, 6.45) is 2.13. The Morgan fingerprint density at radius 3 is 3.00 bits per heavy atom. The molecule has 1 N–H and O–H groups in total. The van der Waals surface area contributed by atoms with Gasteiger partial charge in [0.05, 0.1) is 4.88 Å². The molecule has 0 aliphatic rings. The van der Waals surface area contributed by atoms with Gasteiger partial charge in [0.25, 0.3) is 0 Å². The Labute approximate surface area is 93.6 Å². The summed E-state index contributed by atoms with van der Waals surface area (Å²) in [6, 6.07) is 4.06. The van der Waals surface area contributed by atoms with Crippen LogP contribution in [-0.2, 0) is 6.42 Å². The fourth-order valence-corrected chi connectivity index (χ4v) is 2.01. The molecule has 4 heteroatoms. The first kappa shape index (κ1) is 10.4. The third kappa shape index (κ3) is 2.65. The van der Waals surface area contributed by atoms with Gasteiger partial charge in [-0.25, -0.2) is 4.98 Å². The van der Waals surface area contributed by atoms with Crippen molar-refractivity contribution in [3.63, 3.8) is 0 Å². The molecule has 0 bridgehead atoms. The molecule has 3 nitrogen and oxygen atoms in total. The van der Waals surface area contributed by atoms with Gasteiger partial charge in [-0.2, -0.15) is 5.10 Å². The molecular formula is C11H15N3S. The Kier molecular flexibility index (Phi) is 3.16. The molecule has 0 aliphatic heterocycles. The maximum absolute atomic E-state index is 4.47. The number of H-pyrrole nitrogens is 1. The molecule has 2 aromatic heterocycles. The fourth-order valence-electron chi connectivity index (χ4n) is 1.35. The molecule has 2 heterocycles. The molecule has 0 unspecified atom stereocenters. The van der Waals surface area contributed by atoms with Crippen LogP contribution in [0.15, 0.2) is 17.5 Å². The first-order valence-electron chi connectivity index (χ1n) is 5.21. The minimum absolute atomic E-state index is 0.709. The summed E-state index contributed by atoms with van der Waals surface area (Å²) in [7, 11) is 0. The average Bonchev–Trinajstić information content (AvgIpc) is 2.85. The fraction of sp³-hybridized carbons (Fsp3) is 0.455. The maximum atomic E-state index is 4.47. The molecule has 0 saturated heterocycles. The second-order valence-electron chi connectivity index (χ2n) is 4.02. The highest BCUT2D eigenvalue weighted by Crippen LogP contribution is 2.20. The lowest BCUT2D eigenvalue weighted by atomic mass is 10.1. The van der Waals surface area contributed by atoms with Gasteiger partial charge in [0.15, 0.2) is 5.82 Å². The number of aromatic nitrogens is 3. The van der Waals surface area contributed by atoms with Crippen molar-refractivity contribution in [1.82, 2.24) is 15.2 Å². The topological polar surface area (TPSA) is 41.6 Å². The number of aromatic amines is 1. The number of hydrogen-bond donors (Lipinski definition) is 1. The van der Waals surface area contributed by atoms with E-state index in [-0.39, 0.29) is 0 Å². The van der Waals surface area contributed by atoms with Crippen LogP contribution in [0.2, 0.25) is 0 Å². The summed E-state index contributed by atoms with van der Waals surface area (Å²) in [4.78, 5) is 5.60. The quantitative estimate of drug-likeness (QED) is 0.861. The maximum Gasteiger partial charge on any atom is 0.191 e. The molecule has 80 valence electrons. The number of nitrogens with one attached hydrogen (secondary N) is 1. The number of hydrogen-bond acceptors (Lipinski definition) is 3. The Morgan fingerprint density at radius 2 is 2.33 bits per heavy atom. The SMILES string of the molecule is CC(C)CCc1nc(-c2cccs2)n[nH]1. The van der Waals surface area contributed by atoms with Crippen molar-refractivity contribution < 1.29 is 0 Å². The summed E-state index contributed by atoms with van der Waals surface area (Å²) in [5.41, 5.74) is 0. The molecule has 2 aromatic rings. The third-order valence-electron chi connectivity index (χ3n) is 2.23. The highest BCUT2D eigenvalue weighted by Gasteiger charge is 2.06. The number of nitrogens with zero attached hydrogens (tertiary/aromatic N) is 2. The van der Waals surface area contributed by atoms with Crippen LogP contribution < -0.4 is 0 Å². The average molecular weight is 221 g/mol. The van der Waals surface area contributed by atoms with E-state index in [9.17, 15) is 0 Å². The van der Waals surface area contributed by atoms with E-state index < -0.39 is 0 Å². The number of thiophene rings is 1. The Bertz CT molecular complexity index is 403. The molecule has 0 fully saturated rings. The standard InChI is InChI=1S/C11H15N3S/c1-8(2)5-6-10-12-11(14-13-10)9-4-3-7-15-9/h3-4,7-8H,5-6H2,1-2H3,(H,12,13,14). The van der Waals surface area contributed by atoms with E-state index in [1.807, 2.05) is 17.5 Å². The second kappa shape index (κ2) is 4.57. The van der Waals surface area contributed by atoms with E-state index in [0.29, 0.717) is 5.92 Å². The predicted molar refractivity (Wildman–Crippen MR) is 62.9 cm³/mol. The van der Waals surface area contributed by atoms with Crippen LogP contribution in [0, 0.1) is 5.92 Å².